The van der Waals surface area contributed by atoms with Crippen molar-refractivity contribution in [2.75, 3.05) is 18.5 Å². The van der Waals surface area contributed by atoms with E-state index in [0.29, 0.717) is 23.0 Å². The van der Waals surface area contributed by atoms with E-state index < -0.39 is 0 Å². The molecular formula is C14H20ClN3O2. The van der Waals surface area contributed by atoms with Crippen molar-refractivity contribution in [3.8, 4) is 0 Å². The lowest BCUT2D eigenvalue weighted by molar-refractivity contribution is 0.0624. The molecule has 1 amide bonds. The van der Waals surface area contributed by atoms with Gasteiger partial charge in [-0.2, -0.15) is 0 Å². The lowest BCUT2D eigenvalue weighted by Gasteiger charge is -2.24. The van der Waals surface area contributed by atoms with Crippen molar-refractivity contribution >= 4 is 23.2 Å². The SMILES string of the molecule is CC(C)Nc1cc(Cl)ncc1C(=O)NC1CCCOC1. The van der Waals surface area contributed by atoms with Gasteiger partial charge in [-0.1, -0.05) is 11.6 Å². The van der Waals surface area contributed by atoms with E-state index >= 15 is 0 Å². The minimum absolute atomic E-state index is 0.0684. The van der Waals surface area contributed by atoms with E-state index in [1.807, 2.05) is 13.8 Å². The first-order valence-corrected chi connectivity index (χ1v) is 7.24. The highest BCUT2D eigenvalue weighted by Crippen LogP contribution is 2.20. The Hall–Kier alpha value is -1.33. The molecule has 1 aliphatic heterocycles. The summed E-state index contributed by atoms with van der Waals surface area (Å²) in [6, 6.07) is 1.95. The highest BCUT2D eigenvalue weighted by molar-refractivity contribution is 6.29. The van der Waals surface area contributed by atoms with E-state index in [1.165, 1.54) is 6.20 Å². The summed E-state index contributed by atoms with van der Waals surface area (Å²) in [6.45, 7) is 5.35. The molecule has 6 heteroatoms. The van der Waals surface area contributed by atoms with E-state index in [2.05, 4.69) is 15.6 Å². The molecule has 1 aromatic heterocycles. The average molecular weight is 298 g/mol. The standard InChI is InChI=1S/C14H20ClN3O2/c1-9(2)17-12-6-13(15)16-7-11(12)14(19)18-10-4-3-5-20-8-10/h6-7,9-10H,3-5,8H2,1-2H3,(H,16,17)(H,18,19). The fourth-order valence-electron chi connectivity index (χ4n) is 2.16. The first-order chi connectivity index (χ1) is 9.56. The van der Waals surface area contributed by atoms with E-state index in [0.717, 1.165) is 19.4 Å². The molecule has 1 saturated heterocycles. The minimum Gasteiger partial charge on any atom is -0.382 e. The molecule has 0 radical (unpaired) electrons. The van der Waals surface area contributed by atoms with Gasteiger partial charge in [0.1, 0.15) is 5.15 Å². The Bertz CT molecular complexity index is 473. The topological polar surface area (TPSA) is 63.2 Å². The van der Waals surface area contributed by atoms with Gasteiger partial charge in [-0.25, -0.2) is 4.98 Å². The summed E-state index contributed by atoms with van der Waals surface area (Å²) in [5, 5.41) is 6.56. The highest BCUT2D eigenvalue weighted by atomic mass is 35.5. The molecular weight excluding hydrogens is 278 g/mol. The number of nitrogens with zero attached hydrogens (tertiary/aromatic N) is 1. The van der Waals surface area contributed by atoms with Gasteiger partial charge < -0.3 is 15.4 Å². The fraction of sp³-hybridized carbons (Fsp3) is 0.571. The fourth-order valence-corrected chi connectivity index (χ4v) is 2.32. The number of carbonyl (C=O) groups is 1. The molecule has 1 unspecified atom stereocenters. The molecule has 0 bridgehead atoms. The number of carbonyl (C=O) groups excluding carboxylic acids is 1. The Morgan fingerprint density at radius 1 is 1.55 bits per heavy atom. The van der Waals surface area contributed by atoms with Crippen molar-refractivity contribution < 1.29 is 9.53 Å². The van der Waals surface area contributed by atoms with Gasteiger partial charge in [0.2, 0.25) is 0 Å². The predicted octanol–water partition coefficient (Wildman–Crippen LogP) is 2.46. The molecule has 2 rings (SSSR count). The molecule has 1 aliphatic rings. The van der Waals surface area contributed by atoms with Gasteiger partial charge >= 0.3 is 0 Å². The van der Waals surface area contributed by atoms with Gasteiger partial charge in [0.05, 0.1) is 23.9 Å². The summed E-state index contributed by atoms with van der Waals surface area (Å²) in [5.41, 5.74) is 1.21. The second kappa shape index (κ2) is 6.90. The normalized spacial score (nSPS) is 18.9. The second-order valence-corrected chi connectivity index (χ2v) is 5.63. The van der Waals surface area contributed by atoms with Crippen LogP contribution in [-0.4, -0.2) is 36.2 Å². The maximum atomic E-state index is 12.3. The number of ether oxygens (including phenoxy) is 1. The molecule has 1 fully saturated rings. The summed E-state index contributed by atoms with van der Waals surface area (Å²) in [7, 11) is 0. The molecule has 0 aromatic carbocycles. The first-order valence-electron chi connectivity index (χ1n) is 6.87. The lowest BCUT2D eigenvalue weighted by atomic mass is 10.1. The van der Waals surface area contributed by atoms with Gasteiger partial charge in [0.25, 0.3) is 5.91 Å². The van der Waals surface area contributed by atoms with E-state index in [1.54, 1.807) is 6.07 Å². The van der Waals surface area contributed by atoms with Crippen molar-refractivity contribution in [3.63, 3.8) is 0 Å². The summed E-state index contributed by atoms with van der Waals surface area (Å²) in [5.74, 6) is -0.146. The van der Waals surface area contributed by atoms with Crippen LogP contribution in [0.4, 0.5) is 5.69 Å². The number of halogens is 1. The van der Waals surface area contributed by atoms with Crippen molar-refractivity contribution in [3.05, 3.63) is 23.0 Å². The molecule has 0 saturated carbocycles. The zero-order chi connectivity index (χ0) is 14.5. The van der Waals surface area contributed by atoms with Crippen LogP contribution in [0.1, 0.15) is 37.0 Å². The van der Waals surface area contributed by atoms with Gasteiger partial charge in [-0.15, -0.1) is 0 Å². The first kappa shape index (κ1) is 15.1. The molecule has 0 spiro atoms. The van der Waals surface area contributed by atoms with Crippen LogP contribution < -0.4 is 10.6 Å². The third kappa shape index (κ3) is 4.08. The largest absolute Gasteiger partial charge is 0.382 e. The number of hydrogen-bond acceptors (Lipinski definition) is 4. The van der Waals surface area contributed by atoms with E-state index in [9.17, 15) is 4.79 Å². The Balaban J connectivity index is 2.11. The van der Waals surface area contributed by atoms with Crippen LogP contribution in [-0.2, 0) is 4.74 Å². The summed E-state index contributed by atoms with van der Waals surface area (Å²) >= 11 is 5.89. The number of rotatable bonds is 4. The zero-order valence-electron chi connectivity index (χ0n) is 11.8. The van der Waals surface area contributed by atoms with Crippen molar-refractivity contribution in [2.45, 2.75) is 38.8 Å². The molecule has 1 aromatic rings. The number of anilines is 1. The van der Waals surface area contributed by atoms with Crippen LogP contribution in [0, 0.1) is 0 Å². The van der Waals surface area contributed by atoms with Gasteiger partial charge in [-0.05, 0) is 32.8 Å². The molecule has 20 heavy (non-hydrogen) atoms. The maximum Gasteiger partial charge on any atom is 0.255 e. The van der Waals surface area contributed by atoms with E-state index in [-0.39, 0.29) is 18.0 Å². The summed E-state index contributed by atoms with van der Waals surface area (Å²) in [4.78, 5) is 16.3. The number of hydrogen-bond donors (Lipinski definition) is 2. The zero-order valence-corrected chi connectivity index (χ0v) is 12.5. The van der Waals surface area contributed by atoms with Crippen LogP contribution in [0.15, 0.2) is 12.3 Å². The Kier molecular flexibility index (Phi) is 5.20. The third-order valence-corrected chi connectivity index (χ3v) is 3.26. The van der Waals surface area contributed by atoms with E-state index in [4.69, 9.17) is 16.3 Å². The number of pyridine rings is 1. The van der Waals surface area contributed by atoms with Gasteiger partial charge in [0, 0.05) is 18.8 Å². The second-order valence-electron chi connectivity index (χ2n) is 5.24. The summed E-state index contributed by atoms with van der Waals surface area (Å²) < 4.78 is 5.37. The quantitative estimate of drug-likeness (QED) is 0.838. The van der Waals surface area contributed by atoms with Gasteiger partial charge in [-0.3, -0.25) is 4.79 Å². The molecule has 110 valence electrons. The van der Waals surface area contributed by atoms with Crippen LogP contribution in [0.2, 0.25) is 5.15 Å². The molecule has 5 nitrogen and oxygen atoms in total. The Labute approximate surface area is 124 Å². The van der Waals surface area contributed by atoms with Crippen LogP contribution in [0.25, 0.3) is 0 Å². The Morgan fingerprint density at radius 3 is 3.00 bits per heavy atom. The van der Waals surface area contributed by atoms with Gasteiger partial charge in [0.15, 0.2) is 0 Å². The van der Waals surface area contributed by atoms with Crippen LogP contribution in [0.3, 0.4) is 0 Å². The average Bonchev–Trinajstić information content (AvgIpc) is 2.39. The molecule has 2 N–H and O–H groups in total. The monoisotopic (exact) mass is 297 g/mol. The molecule has 1 atom stereocenters. The lowest BCUT2D eigenvalue weighted by Crippen LogP contribution is -2.41. The Morgan fingerprint density at radius 2 is 2.35 bits per heavy atom. The van der Waals surface area contributed by atoms with Crippen molar-refractivity contribution in [1.29, 1.82) is 0 Å². The van der Waals surface area contributed by atoms with Crippen molar-refractivity contribution in [2.24, 2.45) is 0 Å². The predicted molar refractivity (Wildman–Crippen MR) is 79.3 cm³/mol. The van der Waals surface area contributed by atoms with Crippen LogP contribution in [0.5, 0.6) is 0 Å². The third-order valence-electron chi connectivity index (χ3n) is 3.05. The summed E-state index contributed by atoms with van der Waals surface area (Å²) in [6.07, 6.45) is 3.42. The van der Waals surface area contributed by atoms with Crippen molar-refractivity contribution in [1.82, 2.24) is 10.3 Å². The number of aromatic nitrogens is 1. The maximum absolute atomic E-state index is 12.3. The highest BCUT2D eigenvalue weighted by Gasteiger charge is 2.19. The smallest absolute Gasteiger partial charge is 0.255 e. The molecule has 0 aliphatic carbocycles. The number of nitrogens with one attached hydrogen (secondary N) is 2. The minimum atomic E-state index is -0.146. The van der Waals surface area contributed by atoms with Crippen LogP contribution >= 0.6 is 11.6 Å². The number of amides is 1. The molecule has 2 heterocycles.